The number of imidazole rings is 1. The van der Waals surface area contributed by atoms with Gasteiger partial charge < -0.3 is 14.8 Å². The minimum absolute atomic E-state index is 0.0153. The predicted molar refractivity (Wildman–Crippen MR) is 124 cm³/mol. The van der Waals surface area contributed by atoms with Gasteiger partial charge in [0.1, 0.15) is 0 Å². The molecule has 0 radical (unpaired) electrons. The van der Waals surface area contributed by atoms with Crippen LogP contribution in [0.2, 0.25) is 0 Å². The molecule has 1 unspecified atom stereocenters. The van der Waals surface area contributed by atoms with Gasteiger partial charge in [0.15, 0.2) is 0 Å². The molecule has 1 aliphatic rings. The number of nitrogens with zero attached hydrogens (tertiary/aromatic N) is 3. The molecular formula is C26H30N4O2. The van der Waals surface area contributed by atoms with E-state index in [-0.39, 0.29) is 17.7 Å². The van der Waals surface area contributed by atoms with E-state index in [0.29, 0.717) is 25.2 Å². The fraction of sp³-hybridized carbons (Fsp3) is 0.346. The third kappa shape index (κ3) is 5.44. The minimum atomic E-state index is -0.173. The number of aryl methyl sites for hydroxylation is 2. The highest BCUT2D eigenvalue weighted by molar-refractivity contribution is 5.95. The second-order valence-corrected chi connectivity index (χ2v) is 8.74. The molecule has 6 heteroatoms. The first kappa shape index (κ1) is 21.8. The molecule has 2 heterocycles. The fourth-order valence-electron chi connectivity index (χ4n) is 4.42. The van der Waals surface area contributed by atoms with Crippen LogP contribution in [0.5, 0.6) is 0 Å². The van der Waals surface area contributed by atoms with Crippen molar-refractivity contribution in [2.75, 3.05) is 13.1 Å². The number of hydrogen-bond donors (Lipinski definition) is 1. The Labute approximate surface area is 189 Å². The summed E-state index contributed by atoms with van der Waals surface area (Å²) in [5, 5.41) is 3.08. The van der Waals surface area contributed by atoms with Gasteiger partial charge in [-0.3, -0.25) is 9.59 Å². The lowest BCUT2D eigenvalue weighted by Crippen LogP contribution is -2.45. The average Bonchev–Trinajstić information content (AvgIpc) is 3.29. The van der Waals surface area contributed by atoms with Crippen LogP contribution >= 0.6 is 0 Å². The SMILES string of the molecule is Cc1cc(C)cc(C(=O)N2CCCC(C(=O)NCc3cccc(Cn4ccnc4)c3)C2)c1. The van der Waals surface area contributed by atoms with Crippen molar-refractivity contribution in [3.63, 3.8) is 0 Å². The third-order valence-corrected chi connectivity index (χ3v) is 5.93. The monoisotopic (exact) mass is 430 g/mol. The third-order valence-electron chi connectivity index (χ3n) is 5.93. The van der Waals surface area contributed by atoms with Gasteiger partial charge in [0.2, 0.25) is 5.91 Å². The zero-order valence-electron chi connectivity index (χ0n) is 18.8. The molecule has 1 aromatic heterocycles. The Balaban J connectivity index is 1.34. The van der Waals surface area contributed by atoms with Gasteiger partial charge in [-0.15, -0.1) is 0 Å². The molecule has 1 fully saturated rings. The van der Waals surface area contributed by atoms with Gasteiger partial charge in [-0.1, -0.05) is 41.5 Å². The summed E-state index contributed by atoms with van der Waals surface area (Å²) >= 11 is 0. The molecule has 3 aromatic rings. The lowest BCUT2D eigenvalue weighted by atomic mass is 9.96. The van der Waals surface area contributed by atoms with Crippen molar-refractivity contribution in [1.82, 2.24) is 19.8 Å². The van der Waals surface area contributed by atoms with Gasteiger partial charge in [-0.05, 0) is 49.9 Å². The number of carbonyl (C=O) groups is 2. The van der Waals surface area contributed by atoms with E-state index in [1.807, 2.05) is 53.8 Å². The van der Waals surface area contributed by atoms with Crippen LogP contribution in [0.1, 0.15) is 45.5 Å². The normalized spacial score (nSPS) is 16.1. The number of benzene rings is 2. The van der Waals surface area contributed by atoms with E-state index in [9.17, 15) is 9.59 Å². The summed E-state index contributed by atoms with van der Waals surface area (Å²) in [6.07, 6.45) is 7.14. The summed E-state index contributed by atoms with van der Waals surface area (Å²) in [5.74, 6) is -0.142. The Morgan fingerprint density at radius 2 is 1.88 bits per heavy atom. The van der Waals surface area contributed by atoms with Crippen molar-refractivity contribution >= 4 is 11.8 Å². The Morgan fingerprint density at radius 1 is 1.09 bits per heavy atom. The Morgan fingerprint density at radius 3 is 2.62 bits per heavy atom. The van der Waals surface area contributed by atoms with Crippen LogP contribution in [0, 0.1) is 19.8 Å². The van der Waals surface area contributed by atoms with Crippen LogP contribution in [0.4, 0.5) is 0 Å². The molecule has 1 aliphatic heterocycles. The van der Waals surface area contributed by atoms with E-state index < -0.39 is 0 Å². The number of rotatable bonds is 6. The van der Waals surface area contributed by atoms with E-state index in [2.05, 4.69) is 28.5 Å². The predicted octanol–water partition coefficient (Wildman–Crippen LogP) is 3.72. The first-order chi connectivity index (χ1) is 15.5. The lowest BCUT2D eigenvalue weighted by molar-refractivity contribution is -0.126. The van der Waals surface area contributed by atoms with Gasteiger partial charge in [-0.25, -0.2) is 4.98 Å². The maximum absolute atomic E-state index is 13.0. The molecule has 32 heavy (non-hydrogen) atoms. The zero-order valence-corrected chi connectivity index (χ0v) is 18.8. The first-order valence-electron chi connectivity index (χ1n) is 11.2. The fourth-order valence-corrected chi connectivity index (χ4v) is 4.42. The van der Waals surface area contributed by atoms with Crippen molar-refractivity contribution in [2.45, 2.75) is 39.8 Å². The Kier molecular flexibility index (Phi) is 6.69. The highest BCUT2D eigenvalue weighted by Crippen LogP contribution is 2.20. The highest BCUT2D eigenvalue weighted by Gasteiger charge is 2.29. The molecule has 166 valence electrons. The number of nitrogens with one attached hydrogen (secondary N) is 1. The second-order valence-electron chi connectivity index (χ2n) is 8.74. The van der Waals surface area contributed by atoms with Gasteiger partial charge in [0.05, 0.1) is 12.2 Å². The van der Waals surface area contributed by atoms with Crippen molar-refractivity contribution < 1.29 is 9.59 Å². The quantitative estimate of drug-likeness (QED) is 0.648. The second kappa shape index (κ2) is 9.81. The maximum Gasteiger partial charge on any atom is 0.253 e. The minimum Gasteiger partial charge on any atom is -0.352 e. The summed E-state index contributed by atoms with van der Waals surface area (Å²) in [4.78, 5) is 31.8. The van der Waals surface area contributed by atoms with E-state index in [1.165, 1.54) is 0 Å². The van der Waals surface area contributed by atoms with Crippen LogP contribution in [-0.4, -0.2) is 39.4 Å². The van der Waals surface area contributed by atoms with Crippen LogP contribution in [0.15, 0.2) is 61.2 Å². The van der Waals surface area contributed by atoms with Crippen molar-refractivity contribution in [1.29, 1.82) is 0 Å². The molecule has 1 saturated heterocycles. The van der Waals surface area contributed by atoms with E-state index >= 15 is 0 Å². The Bertz CT molecular complexity index is 1070. The zero-order chi connectivity index (χ0) is 22.5. The van der Waals surface area contributed by atoms with Gasteiger partial charge in [-0.2, -0.15) is 0 Å². The lowest BCUT2D eigenvalue weighted by Gasteiger charge is -2.32. The summed E-state index contributed by atoms with van der Waals surface area (Å²) < 4.78 is 2.01. The van der Waals surface area contributed by atoms with Gasteiger partial charge in [0.25, 0.3) is 5.91 Å². The summed E-state index contributed by atoms with van der Waals surface area (Å²) in [7, 11) is 0. The molecule has 1 atom stereocenters. The van der Waals surface area contributed by atoms with Crippen molar-refractivity contribution in [3.05, 3.63) is 89.0 Å². The van der Waals surface area contributed by atoms with Crippen LogP contribution < -0.4 is 5.32 Å². The van der Waals surface area contributed by atoms with E-state index in [4.69, 9.17) is 0 Å². The molecule has 6 nitrogen and oxygen atoms in total. The molecule has 0 spiro atoms. The van der Waals surface area contributed by atoms with Crippen LogP contribution in [-0.2, 0) is 17.9 Å². The van der Waals surface area contributed by atoms with Crippen LogP contribution in [0.3, 0.4) is 0 Å². The average molecular weight is 431 g/mol. The number of aromatic nitrogens is 2. The number of hydrogen-bond acceptors (Lipinski definition) is 3. The molecule has 0 bridgehead atoms. The smallest absolute Gasteiger partial charge is 0.253 e. The number of piperidine rings is 1. The van der Waals surface area contributed by atoms with Crippen molar-refractivity contribution in [2.24, 2.45) is 5.92 Å². The summed E-state index contributed by atoms with van der Waals surface area (Å²) in [5.41, 5.74) is 5.09. The van der Waals surface area contributed by atoms with Crippen molar-refractivity contribution in [3.8, 4) is 0 Å². The number of likely N-dealkylation sites (tertiary alicyclic amines) is 1. The first-order valence-corrected chi connectivity index (χ1v) is 11.2. The summed E-state index contributed by atoms with van der Waals surface area (Å²) in [6.45, 7) is 6.41. The molecule has 0 saturated carbocycles. The number of carbonyl (C=O) groups excluding carboxylic acids is 2. The molecule has 2 amide bonds. The standard InChI is InChI=1S/C26H30N4O2/c1-19-11-20(2)13-24(12-19)26(32)30-9-4-7-23(17-30)25(31)28-15-21-5-3-6-22(14-21)16-29-10-8-27-18-29/h3,5-6,8,10-14,18,23H,4,7,9,15-17H2,1-2H3,(H,28,31). The maximum atomic E-state index is 13.0. The molecular weight excluding hydrogens is 400 g/mol. The highest BCUT2D eigenvalue weighted by atomic mass is 16.2. The Hall–Kier alpha value is -3.41. The number of amides is 2. The topological polar surface area (TPSA) is 67.2 Å². The van der Waals surface area contributed by atoms with Gasteiger partial charge >= 0.3 is 0 Å². The van der Waals surface area contributed by atoms with E-state index in [1.54, 1.807) is 12.5 Å². The summed E-state index contributed by atoms with van der Waals surface area (Å²) in [6, 6.07) is 14.1. The van der Waals surface area contributed by atoms with E-state index in [0.717, 1.165) is 41.6 Å². The van der Waals surface area contributed by atoms with Crippen LogP contribution in [0.25, 0.3) is 0 Å². The van der Waals surface area contributed by atoms with Gasteiger partial charge in [0, 0.05) is 44.1 Å². The molecule has 2 aromatic carbocycles. The largest absolute Gasteiger partial charge is 0.352 e. The molecule has 0 aliphatic carbocycles. The molecule has 4 rings (SSSR count). The molecule has 1 N–H and O–H groups in total.